The van der Waals surface area contributed by atoms with Crippen LogP contribution in [0, 0.1) is 5.92 Å². The van der Waals surface area contributed by atoms with Crippen LogP contribution in [-0.4, -0.2) is 43.0 Å². The van der Waals surface area contributed by atoms with Crippen molar-refractivity contribution in [3.8, 4) is 5.88 Å². The van der Waals surface area contributed by atoms with E-state index < -0.39 is 6.04 Å². The number of hydrogen-bond acceptors (Lipinski definition) is 6. The Morgan fingerprint density at radius 2 is 2.16 bits per heavy atom. The molecule has 0 bridgehead atoms. The Kier molecular flexibility index (Phi) is 8.92. The van der Waals surface area contributed by atoms with E-state index in [1.165, 1.54) is 11.3 Å². The van der Waals surface area contributed by atoms with Gasteiger partial charge in [-0.1, -0.05) is 33.1 Å². The maximum Gasteiger partial charge on any atom is 0.262 e. The third-order valence-electron chi connectivity index (χ3n) is 5.68. The van der Waals surface area contributed by atoms with E-state index in [9.17, 15) is 9.59 Å². The van der Waals surface area contributed by atoms with Crippen molar-refractivity contribution in [2.24, 2.45) is 5.92 Å². The van der Waals surface area contributed by atoms with Gasteiger partial charge in [0.25, 0.3) is 5.91 Å². The molecule has 2 aromatic rings. The Labute approximate surface area is 202 Å². The van der Waals surface area contributed by atoms with Crippen molar-refractivity contribution in [1.29, 1.82) is 0 Å². The molecule has 0 saturated heterocycles. The lowest BCUT2D eigenvalue weighted by atomic mass is 9.92. The summed E-state index contributed by atoms with van der Waals surface area (Å²) in [6.07, 6.45) is 5.49. The summed E-state index contributed by atoms with van der Waals surface area (Å²) in [5, 5.41) is 5.65. The molecule has 0 spiro atoms. The first-order chi connectivity index (χ1) is 15.4. The number of nitrogens with one attached hydrogen (secondary N) is 2. The standard InChI is InChI=1S/C23H31BrN4O3S/c1-4-6-15(5-2)11-18(21(29)25-3)27-22(30)20-8-7-17(32-20)14-28-9-10-31-23-19(28)12-16(24)13-26-23/h7-8,12-13,15,18H,4-6,9-11,14H2,1-3H3,(H,25,29)(H,27,30). The first-order valence-electron chi connectivity index (χ1n) is 11.1. The summed E-state index contributed by atoms with van der Waals surface area (Å²) in [6, 6.07) is 5.28. The largest absolute Gasteiger partial charge is 0.474 e. The molecule has 0 fully saturated rings. The van der Waals surface area contributed by atoms with Gasteiger partial charge >= 0.3 is 0 Å². The summed E-state index contributed by atoms with van der Waals surface area (Å²) in [5.41, 5.74) is 0.936. The van der Waals surface area contributed by atoms with Crippen LogP contribution in [0.5, 0.6) is 5.88 Å². The zero-order valence-corrected chi connectivity index (χ0v) is 21.2. The van der Waals surface area contributed by atoms with Crippen LogP contribution in [-0.2, 0) is 11.3 Å². The predicted molar refractivity (Wildman–Crippen MR) is 131 cm³/mol. The van der Waals surface area contributed by atoms with E-state index in [2.05, 4.69) is 50.3 Å². The highest BCUT2D eigenvalue weighted by Crippen LogP contribution is 2.33. The Morgan fingerprint density at radius 1 is 1.34 bits per heavy atom. The van der Waals surface area contributed by atoms with Crippen molar-refractivity contribution in [3.63, 3.8) is 0 Å². The third kappa shape index (κ3) is 6.22. The molecule has 32 heavy (non-hydrogen) atoms. The number of anilines is 1. The minimum Gasteiger partial charge on any atom is -0.474 e. The van der Waals surface area contributed by atoms with E-state index in [0.717, 1.165) is 40.8 Å². The van der Waals surface area contributed by atoms with E-state index in [-0.39, 0.29) is 11.8 Å². The van der Waals surface area contributed by atoms with Crippen molar-refractivity contribution in [2.45, 2.75) is 52.1 Å². The van der Waals surface area contributed by atoms with E-state index in [0.29, 0.717) is 36.2 Å². The quantitative estimate of drug-likeness (QED) is 0.484. The highest BCUT2D eigenvalue weighted by molar-refractivity contribution is 9.10. The van der Waals surface area contributed by atoms with Crippen LogP contribution in [0.1, 0.15) is 54.1 Å². The number of likely N-dealkylation sites (N-methyl/N-ethyl adjacent to an activating group) is 1. The highest BCUT2D eigenvalue weighted by atomic mass is 79.9. The molecule has 174 valence electrons. The number of halogens is 1. The van der Waals surface area contributed by atoms with Gasteiger partial charge in [-0.15, -0.1) is 11.3 Å². The smallest absolute Gasteiger partial charge is 0.262 e. The van der Waals surface area contributed by atoms with Crippen molar-refractivity contribution >= 4 is 44.8 Å². The number of rotatable bonds is 10. The molecule has 3 heterocycles. The number of hydrogen-bond donors (Lipinski definition) is 2. The van der Waals surface area contributed by atoms with Crippen molar-refractivity contribution in [2.75, 3.05) is 25.1 Å². The average Bonchev–Trinajstić information content (AvgIpc) is 3.26. The molecule has 3 rings (SSSR count). The van der Waals surface area contributed by atoms with Gasteiger partial charge in [0, 0.05) is 22.6 Å². The minimum atomic E-state index is -0.524. The molecule has 0 saturated carbocycles. The zero-order chi connectivity index (χ0) is 23.1. The van der Waals surface area contributed by atoms with Gasteiger partial charge in [-0.05, 0) is 46.5 Å². The van der Waals surface area contributed by atoms with Crippen molar-refractivity contribution < 1.29 is 14.3 Å². The molecule has 0 aliphatic carbocycles. The van der Waals surface area contributed by atoms with E-state index >= 15 is 0 Å². The van der Waals surface area contributed by atoms with Gasteiger partial charge in [0.05, 0.1) is 18.0 Å². The fraction of sp³-hybridized carbons (Fsp3) is 0.522. The van der Waals surface area contributed by atoms with Gasteiger partial charge in [0.15, 0.2) is 0 Å². The Hall–Kier alpha value is -2.13. The average molecular weight is 523 g/mol. The van der Waals surface area contributed by atoms with Gasteiger partial charge in [-0.25, -0.2) is 4.98 Å². The number of aromatic nitrogens is 1. The summed E-state index contributed by atoms with van der Waals surface area (Å²) in [5.74, 6) is 0.691. The molecule has 2 atom stereocenters. The number of fused-ring (bicyclic) bond motifs is 1. The highest BCUT2D eigenvalue weighted by Gasteiger charge is 2.25. The van der Waals surface area contributed by atoms with Gasteiger partial charge in [-0.3, -0.25) is 9.59 Å². The first kappa shape index (κ1) is 24.5. The number of carbonyl (C=O) groups excluding carboxylic acids is 2. The fourth-order valence-electron chi connectivity index (χ4n) is 3.93. The van der Waals surface area contributed by atoms with Crippen LogP contribution in [0.3, 0.4) is 0 Å². The Morgan fingerprint density at radius 3 is 2.88 bits per heavy atom. The lowest BCUT2D eigenvalue weighted by Gasteiger charge is -2.30. The lowest BCUT2D eigenvalue weighted by molar-refractivity contribution is -0.122. The van der Waals surface area contributed by atoms with Gasteiger partial charge in [-0.2, -0.15) is 0 Å². The maximum absolute atomic E-state index is 12.9. The summed E-state index contributed by atoms with van der Waals surface area (Å²) in [7, 11) is 1.61. The van der Waals surface area contributed by atoms with E-state index in [1.807, 2.05) is 18.2 Å². The number of ether oxygens (including phenoxy) is 1. The fourth-order valence-corrected chi connectivity index (χ4v) is 5.18. The van der Waals surface area contributed by atoms with Crippen LogP contribution >= 0.6 is 27.3 Å². The molecule has 2 amide bonds. The van der Waals surface area contributed by atoms with Crippen LogP contribution in [0.15, 0.2) is 28.9 Å². The second-order valence-corrected chi connectivity index (χ2v) is 10.0. The van der Waals surface area contributed by atoms with Crippen LogP contribution in [0.25, 0.3) is 0 Å². The summed E-state index contributed by atoms with van der Waals surface area (Å²) in [4.78, 5) is 33.5. The Balaban J connectivity index is 1.67. The minimum absolute atomic E-state index is 0.146. The molecule has 9 heteroatoms. The second kappa shape index (κ2) is 11.7. The molecule has 0 radical (unpaired) electrons. The molecular formula is C23H31BrN4O3S. The molecule has 0 aromatic carbocycles. The summed E-state index contributed by atoms with van der Waals surface area (Å²) >= 11 is 4.92. The monoisotopic (exact) mass is 522 g/mol. The molecule has 2 aromatic heterocycles. The number of pyridine rings is 1. The lowest BCUT2D eigenvalue weighted by Crippen LogP contribution is -2.46. The van der Waals surface area contributed by atoms with Gasteiger partial charge in [0.1, 0.15) is 18.3 Å². The topological polar surface area (TPSA) is 83.6 Å². The maximum atomic E-state index is 12.9. The normalized spacial score (nSPS) is 14.8. The molecule has 7 nitrogen and oxygen atoms in total. The number of nitrogens with zero attached hydrogens (tertiary/aromatic N) is 2. The molecule has 1 aliphatic heterocycles. The molecule has 2 unspecified atom stereocenters. The van der Waals surface area contributed by atoms with Gasteiger partial charge < -0.3 is 20.3 Å². The number of amides is 2. The van der Waals surface area contributed by atoms with Crippen molar-refractivity contribution in [3.05, 3.63) is 38.6 Å². The zero-order valence-electron chi connectivity index (χ0n) is 18.8. The third-order valence-corrected chi connectivity index (χ3v) is 7.19. The van der Waals surface area contributed by atoms with Crippen LogP contribution in [0.4, 0.5) is 5.69 Å². The number of thiophene rings is 1. The van der Waals surface area contributed by atoms with Crippen LogP contribution < -0.4 is 20.3 Å². The van der Waals surface area contributed by atoms with Gasteiger partial charge in [0.2, 0.25) is 11.8 Å². The number of carbonyl (C=O) groups is 2. The van der Waals surface area contributed by atoms with Crippen molar-refractivity contribution in [1.82, 2.24) is 15.6 Å². The summed E-state index contributed by atoms with van der Waals surface area (Å²) < 4.78 is 6.55. The molecule has 2 N–H and O–H groups in total. The Bertz CT molecular complexity index is 936. The van der Waals surface area contributed by atoms with Crippen LogP contribution in [0.2, 0.25) is 0 Å². The van der Waals surface area contributed by atoms with E-state index in [1.54, 1.807) is 13.2 Å². The predicted octanol–water partition coefficient (Wildman–Crippen LogP) is 4.37. The first-order valence-corrected chi connectivity index (χ1v) is 12.7. The second-order valence-electron chi connectivity index (χ2n) is 7.95. The SMILES string of the molecule is CCCC(CC)CC(NC(=O)c1ccc(CN2CCOc3ncc(Br)cc32)s1)C(=O)NC. The summed E-state index contributed by atoms with van der Waals surface area (Å²) in [6.45, 7) is 6.26. The van der Waals surface area contributed by atoms with E-state index in [4.69, 9.17) is 4.74 Å². The molecular weight excluding hydrogens is 492 g/mol. The molecule has 1 aliphatic rings.